The Morgan fingerprint density at radius 2 is 1.39 bits per heavy atom. The molecular weight excluding hydrogens is 454 g/mol. The van der Waals surface area contributed by atoms with Gasteiger partial charge in [-0.05, 0) is 48.1 Å². The number of nitrogens with one attached hydrogen (secondary N) is 3. The van der Waals surface area contributed by atoms with Crippen LogP contribution in [0.4, 0.5) is 0 Å². The highest BCUT2D eigenvalue weighted by Gasteiger charge is 2.28. The van der Waals surface area contributed by atoms with Crippen LogP contribution in [0.15, 0.2) is 84.9 Å². The first-order chi connectivity index (χ1) is 17.3. The smallest absolute Gasteiger partial charge is 0.242 e. The lowest BCUT2D eigenvalue weighted by Crippen LogP contribution is -2.48. The van der Waals surface area contributed by atoms with E-state index in [0.717, 1.165) is 16.7 Å². The van der Waals surface area contributed by atoms with Crippen LogP contribution in [0.3, 0.4) is 0 Å². The topological polar surface area (TPSA) is 154 Å². The van der Waals surface area contributed by atoms with Crippen molar-refractivity contribution in [1.29, 1.82) is 5.41 Å². The third kappa shape index (κ3) is 7.68. The van der Waals surface area contributed by atoms with E-state index in [0.29, 0.717) is 19.3 Å². The van der Waals surface area contributed by atoms with Crippen molar-refractivity contribution in [1.82, 2.24) is 10.6 Å². The van der Waals surface area contributed by atoms with Gasteiger partial charge in [0, 0.05) is 6.54 Å². The zero-order valence-electron chi connectivity index (χ0n) is 20.1. The Kier molecular flexibility index (Phi) is 9.59. The Balaban J connectivity index is 1.77. The lowest BCUT2D eigenvalue weighted by atomic mass is 9.90. The third-order valence-corrected chi connectivity index (χ3v) is 5.97. The minimum absolute atomic E-state index is 0.111. The molecular formula is C28H33N5O3. The van der Waals surface area contributed by atoms with Crippen molar-refractivity contribution in [3.63, 3.8) is 0 Å². The van der Waals surface area contributed by atoms with Crippen LogP contribution in [0.25, 0.3) is 0 Å². The molecule has 0 fully saturated rings. The minimum atomic E-state index is -0.802. The SMILES string of the molecule is N=C(N)C(N)CCCC(NC(=O)C(c1ccccc1)c1ccccc1)C(=O)NCc1ccc(O)cc1. The largest absolute Gasteiger partial charge is 0.508 e. The second-order valence-corrected chi connectivity index (χ2v) is 8.69. The van der Waals surface area contributed by atoms with Gasteiger partial charge in [0.25, 0.3) is 0 Å². The molecule has 3 rings (SSSR count). The summed E-state index contributed by atoms with van der Waals surface area (Å²) in [6.07, 6.45) is 1.26. The minimum Gasteiger partial charge on any atom is -0.508 e. The van der Waals surface area contributed by atoms with E-state index in [-0.39, 0.29) is 29.9 Å². The monoisotopic (exact) mass is 487 g/mol. The first-order valence-corrected chi connectivity index (χ1v) is 11.9. The Morgan fingerprint density at radius 1 is 0.833 bits per heavy atom. The number of carbonyl (C=O) groups is 2. The quantitative estimate of drug-likeness (QED) is 0.171. The molecule has 2 amide bonds. The van der Waals surface area contributed by atoms with Crippen LogP contribution in [-0.4, -0.2) is 34.8 Å². The first-order valence-electron chi connectivity index (χ1n) is 11.9. The number of aromatic hydroxyl groups is 1. The van der Waals surface area contributed by atoms with E-state index < -0.39 is 18.0 Å². The molecule has 0 bridgehead atoms. The maximum absolute atomic E-state index is 13.6. The van der Waals surface area contributed by atoms with Gasteiger partial charge in [-0.2, -0.15) is 0 Å². The fraction of sp³-hybridized carbons (Fsp3) is 0.250. The molecule has 8 N–H and O–H groups in total. The third-order valence-electron chi connectivity index (χ3n) is 5.97. The normalized spacial score (nSPS) is 12.5. The fourth-order valence-corrected chi connectivity index (χ4v) is 3.93. The maximum atomic E-state index is 13.6. The van der Waals surface area contributed by atoms with Crippen molar-refractivity contribution < 1.29 is 14.7 Å². The van der Waals surface area contributed by atoms with Gasteiger partial charge in [0.2, 0.25) is 11.8 Å². The zero-order chi connectivity index (χ0) is 25.9. The summed E-state index contributed by atoms with van der Waals surface area (Å²) in [4.78, 5) is 26.7. The summed E-state index contributed by atoms with van der Waals surface area (Å²) in [7, 11) is 0. The van der Waals surface area contributed by atoms with Crippen molar-refractivity contribution in [2.24, 2.45) is 11.5 Å². The molecule has 8 nitrogen and oxygen atoms in total. The number of phenols is 1. The van der Waals surface area contributed by atoms with Gasteiger partial charge in [-0.25, -0.2) is 0 Å². The van der Waals surface area contributed by atoms with Gasteiger partial charge in [-0.3, -0.25) is 15.0 Å². The molecule has 0 saturated heterocycles. The number of rotatable bonds is 12. The molecule has 188 valence electrons. The van der Waals surface area contributed by atoms with Gasteiger partial charge in [0.05, 0.1) is 12.0 Å². The molecule has 3 aromatic rings. The summed E-state index contributed by atoms with van der Waals surface area (Å²) in [5.74, 6) is -1.16. The number of amides is 2. The van der Waals surface area contributed by atoms with E-state index in [4.69, 9.17) is 16.9 Å². The molecule has 0 aliphatic rings. The van der Waals surface area contributed by atoms with E-state index in [1.165, 1.54) is 0 Å². The van der Waals surface area contributed by atoms with Crippen LogP contribution >= 0.6 is 0 Å². The number of benzene rings is 3. The maximum Gasteiger partial charge on any atom is 0.242 e. The first kappa shape index (κ1) is 26.4. The molecule has 0 aromatic heterocycles. The standard InChI is InChI=1S/C28H33N5O3/c29-23(26(30)31)12-7-13-24(27(35)32-18-19-14-16-22(34)17-15-19)33-28(36)25(20-8-3-1-4-9-20)21-10-5-2-6-11-21/h1-6,8-11,14-17,23-25,34H,7,12-13,18,29H2,(H3,30,31)(H,32,35)(H,33,36). The van der Waals surface area contributed by atoms with Crippen LogP contribution < -0.4 is 22.1 Å². The van der Waals surface area contributed by atoms with E-state index in [2.05, 4.69) is 10.6 Å². The average molecular weight is 488 g/mol. The predicted molar refractivity (Wildman–Crippen MR) is 140 cm³/mol. The number of hydrogen-bond acceptors (Lipinski definition) is 5. The molecule has 0 radical (unpaired) electrons. The summed E-state index contributed by atoms with van der Waals surface area (Å²) in [5.41, 5.74) is 13.8. The Bertz CT molecular complexity index is 1100. The van der Waals surface area contributed by atoms with E-state index in [9.17, 15) is 14.7 Å². The van der Waals surface area contributed by atoms with Gasteiger partial charge < -0.3 is 27.2 Å². The van der Waals surface area contributed by atoms with Crippen LogP contribution in [0, 0.1) is 5.41 Å². The van der Waals surface area contributed by atoms with Crippen molar-refractivity contribution >= 4 is 17.6 Å². The molecule has 2 unspecified atom stereocenters. The van der Waals surface area contributed by atoms with E-state index in [1.54, 1.807) is 24.3 Å². The Morgan fingerprint density at radius 3 is 1.92 bits per heavy atom. The molecule has 2 atom stereocenters. The lowest BCUT2D eigenvalue weighted by Gasteiger charge is -2.23. The van der Waals surface area contributed by atoms with Crippen molar-refractivity contribution in [2.45, 2.75) is 43.8 Å². The number of carbonyl (C=O) groups excluding carboxylic acids is 2. The molecule has 0 aliphatic carbocycles. The molecule has 36 heavy (non-hydrogen) atoms. The highest BCUT2D eigenvalue weighted by Crippen LogP contribution is 2.25. The van der Waals surface area contributed by atoms with Crippen LogP contribution in [0.2, 0.25) is 0 Å². The van der Waals surface area contributed by atoms with E-state index >= 15 is 0 Å². The summed E-state index contributed by atoms with van der Waals surface area (Å²) < 4.78 is 0. The van der Waals surface area contributed by atoms with Crippen molar-refractivity contribution in [3.05, 3.63) is 102 Å². The summed E-state index contributed by atoms with van der Waals surface area (Å²) >= 11 is 0. The van der Waals surface area contributed by atoms with Gasteiger partial charge in [0.1, 0.15) is 17.6 Å². The summed E-state index contributed by atoms with van der Waals surface area (Å²) in [6.45, 7) is 0.249. The molecule has 0 aliphatic heterocycles. The van der Waals surface area contributed by atoms with Gasteiger partial charge in [-0.15, -0.1) is 0 Å². The zero-order valence-corrected chi connectivity index (χ0v) is 20.1. The van der Waals surface area contributed by atoms with Crippen molar-refractivity contribution in [3.8, 4) is 5.75 Å². The molecule has 8 heteroatoms. The Hall–Kier alpha value is -4.17. The Labute approximate surface area is 211 Å². The highest BCUT2D eigenvalue weighted by molar-refractivity contribution is 5.92. The van der Waals surface area contributed by atoms with Crippen LogP contribution in [-0.2, 0) is 16.1 Å². The van der Waals surface area contributed by atoms with Gasteiger partial charge in [-0.1, -0.05) is 72.8 Å². The molecule has 0 spiro atoms. The predicted octanol–water partition coefficient (Wildman–Crippen LogP) is 2.76. The van der Waals surface area contributed by atoms with Gasteiger partial charge >= 0.3 is 0 Å². The number of hydrogen-bond donors (Lipinski definition) is 6. The van der Waals surface area contributed by atoms with Crippen LogP contribution in [0.5, 0.6) is 5.75 Å². The van der Waals surface area contributed by atoms with E-state index in [1.807, 2.05) is 60.7 Å². The molecule has 0 saturated carbocycles. The number of nitrogens with two attached hydrogens (primary N) is 2. The van der Waals surface area contributed by atoms with Gasteiger partial charge in [0.15, 0.2) is 0 Å². The van der Waals surface area contributed by atoms with Crippen molar-refractivity contribution in [2.75, 3.05) is 0 Å². The summed E-state index contributed by atoms with van der Waals surface area (Å²) in [5, 5.41) is 22.8. The van der Waals surface area contributed by atoms with Crippen LogP contribution in [0.1, 0.15) is 41.9 Å². The second kappa shape index (κ2) is 13.1. The highest BCUT2D eigenvalue weighted by atomic mass is 16.3. The number of phenolic OH excluding ortho intramolecular Hbond substituents is 1. The average Bonchev–Trinajstić information content (AvgIpc) is 2.89. The number of amidine groups is 1. The second-order valence-electron chi connectivity index (χ2n) is 8.69. The molecule has 0 heterocycles. The lowest BCUT2D eigenvalue weighted by molar-refractivity contribution is -0.129. The summed E-state index contributed by atoms with van der Waals surface area (Å²) in [6, 6.07) is 24.0. The fourth-order valence-electron chi connectivity index (χ4n) is 3.93. The molecule has 3 aromatic carbocycles.